The highest BCUT2D eigenvalue weighted by Gasteiger charge is 2.12. The molecule has 0 heterocycles. The van der Waals surface area contributed by atoms with Crippen molar-refractivity contribution in [2.75, 3.05) is 13.2 Å². The largest absolute Gasteiger partial charge is 0.373 e. The fourth-order valence-electron chi connectivity index (χ4n) is 1.76. The molecule has 0 aliphatic rings. The molecule has 0 aliphatic carbocycles. The van der Waals surface area contributed by atoms with Crippen LogP contribution in [0, 0.1) is 11.6 Å². The molecule has 0 N–H and O–H groups in total. The van der Waals surface area contributed by atoms with E-state index in [1.807, 2.05) is 0 Å². The van der Waals surface area contributed by atoms with Gasteiger partial charge in [-0.3, -0.25) is 4.79 Å². The zero-order valence-corrected chi connectivity index (χ0v) is 11.3. The molecule has 0 amide bonds. The first-order valence-corrected chi connectivity index (χ1v) is 6.71. The minimum Gasteiger partial charge on any atom is -0.373 e. The van der Waals surface area contributed by atoms with Crippen LogP contribution in [0.3, 0.4) is 0 Å². The number of carbonyl (C=O) groups excluding carboxylic acids is 1. The Morgan fingerprint density at radius 3 is 2.63 bits per heavy atom. The molecule has 0 radical (unpaired) electrons. The third-order valence-corrected chi connectivity index (χ3v) is 2.85. The number of rotatable bonds is 9. The van der Waals surface area contributed by atoms with E-state index in [0.717, 1.165) is 37.5 Å². The molecule has 1 aromatic rings. The Hall–Kier alpha value is -1.29. The van der Waals surface area contributed by atoms with Crippen LogP contribution in [-0.4, -0.2) is 19.0 Å². The molecule has 0 saturated heterocycles. The Balaban J connectivity index is 2.26. The Kier molecular flexibility index (Phi) is 7.26. The van der Waals surface area contributed by atoms with Crippen LogP contribution in [-0.2, 0) is 4.74 Å². The average molecular weight is 270 g/mol. The molecule has 0 bridgehead atoms. The van der Waals surface area contributed by atoms with Gasteiger partial charge in [0.15, 0.2) is 5.78 Å². The van der Waals surface area contributed by atoms with Gasteiger partial charge >= 0.3 is 0 Å². The van der Waals surface area contributed by atoms with Gasteiger partial charge in [-0.1, -0.05) is 32.6 Å². The number of ether oxygens (including phenoxy) is 1. The van der Waals surface area contributed by atoms with Crippen molar-refractivity contribution in [2.24, 2.45) is 0 Å². The van der Waals surface area contributed by atoms with E-state index < -0.39 is 17.4 Å². The lowest BCUT2D eigenvalue weighted by Gasteiger charge is -2.05. The molecule has 19 heavy (non-hydrogen) atoms. The molecule has 0 spiro atoms. The van der Waals surface area contributed by atoms with Crippen LogP contribution in [0.1, 0.15) is 49.4 Å². The van der Waals surface area contributed by atoms with Gasteiger partial charge in [-0.25, -0.2) is 8.78 Å². The highest BCUT2D eigenvalue weighted by Crippen LogP contribution is 2.11. The average Bonchev–Trinajstić information content (AvgIpc) is 2.40. The van der Waals surface area contributed by atoms with Gasteiger partial charge in [0.05, 0.1) is 5.56 Å². The second kappa shape index (κ2) is 8.75. The summed E-state index contributed by atoms with van der Waals surface area (Å²) in [4.78, 5) is 11.6. The van der Waals surface area contributed by atoms with Crippen molar-refractivity contribution in [1.82, 2.24) is 0 Å². The standard InChI is InChI=1S/C15H20F2O2/c1-2-3-4-5-6-9-19-11-15(18)13-10-12(16)7-8-14(13)17/h7-8,10H,2-6,9,11H2,1H3. The molecule has 0 fully saturated rings. The van der Waals surface area contributed by atoms with E-state index >= 15 is 0 Å². The monoisotopic (exact) mass is 270 g/mol. The van der Waals surface area contributed by atoms with E-state index in [1.54, 1.807) is 0 Å². The Morgan fingerprint density at radius 2 is 1.89 bits per heavy atom. The molecule has 106 valence electrons. The summed E-state index contributed by atoms with van der Waals surface area (Å²) in [5.41, 5.74) is -0.244. The van der Waals surface area contributed by atoms with E-state index in [4.69, 9.17) is 4.74 Å². The van der Waals surface area contributed by atoms with E-state index in [0.29, 0.717) is 6.61 Å². The highest BCUT2D eigenvalue weighted by atomic mass is 19.1. The zero-order valence-electron chi connectivity index (χ0n) is 11.3. The lowest BCUT2D eigenvalue weighted by molar-refractivity contribution is 0.0748. The first-order valence-electron chi connectivity index (χ1n) is 6.71. The summed E-state index contributed by atoms with van der Waals surface area (Å²) in [5.74, 6) is -1.85. The maximum Gasteiger partial charge on any atom is 0.191 e. The van der Waals surface area contributed by atoms with Gasteiger partial charge in [-0.05, 0) is 24.6 Å². The van der Waals surface area contributed by atoms with Crippen molar-refractivity contribution >= 4 is 5.78 Å². The number of benzene rings is 1. The summed E-state index contributed by atoms with van der Waals surface area (Å²) in [7, 11) is 0. The van der Waals surface area contributed by atoms with Gasteiger partial charge in [0.1, 0.15) is 18.2 Å². The number of carbonyl (C=O) groups is 1. The van der Waals surface area contributed by atoms with E-state index in [2.05, 4.69) is 6.92 Å². The Morgan fingerprint density at radius 1 is 1.16 bits per heavy atom. The van der Waals surface area contributed by atoms with Crippen molar-refractivity contribution in [1.29, 1.82) is 0 Å². The van der Waals surface area contributed by atoms with Crippen molar-refractivity contribution < 1.29 is 18.3 Å². The van der Waals surface area contributed by atoms with Crippen LogP contribution in [0.4, 0.5) is 8.78 Å². The molecule has 0 atom stereocenters. The van der Waals surface area contributed by atoms with Crippen LogP contribution in [0.15, 0.2) is 18.2 Å². The van der Waals surface area contributed by atoms with Crippen LogP contribution in [0.5, 0.6) is 0 Å². The minimum atomic E-state index is -0.710. The summed E-state index contributed by atoms with van der Waals surface area (Å²) in [6.45, 7) is 2.42. The molecule has 4 heteroatoms. The van der Waals surface area contributed by atoms with Gasteiger partial charge in [-0.15, -0.1) is 0 Å². The number of Topliss-reactive ketones (excluding diaryl/α,β-unsaturated/α-hetero) is 1. The van der Waals surface area contributed by atoms with Gasteiger partial charge in [0.2, 0.25) is 0 Å². The lowest BCUT2D eigenvalue weighted by Crippen LogP contribution is -2.12. The summed E-state index contributed by atoms with van der Waals surface area (Å²) in [6, 6.07) is 2.84. The second-order valence-corrected chi connectivity index (χ2v) is 4.51. The number of hydrogen-bond donors (Lipinski definition) is 0. The molecular formula is C15H20F2O2. The SMILES string of the molecule is CCCCCCCOCC(=O)c1cc(F)ccc1F. The van der Waals surface area contributed by atoms with Crippen LogP contribution >= 0.6 is 0 Å². The summed E-state index contributed by atoms with van der Waals surface area (Å²) in [6.07, 6.45) is 5.49. The van der Waals surface area contributed by atoms with Gasteiger partial charge in [0.25, 0.3) is 0 Å². The molecule has 1 rings (SSSR count). The zero-order chi connectivity index (χ0) is 14.1. The summed E-state index contributed by atoms with van der Waals surface area (Å²) < 4.78 is 31.4. The fourth-order valence-corrected chi connectivity index (χ4v) is 1.76. The van der Waals surface area contributed by atoms with Gasteiger partial charge in [0, 0.05) is 6.61 Å². The predicted molar refractivity (Wildman–Crippen MR) is 70.3 cm³/mol. The molecule has 1 aromatic carbocycles. The molecule has 2 nitrogen and oxygen atoms in total. The van der Waals surface area contributed by atoms with Crippen molar-refractivity contribution in [3.63, 3.8) is 0 Å². The normalized spacial score (nSPS) is 10.7. The minimum absolute atomic E-state index is 0.200. The summed E-state index contributed by atoms with van der Waals surface area (Å²) in [5, 5.41) is 0. The number of unbranched alkanes of at least 4 members (excludes halogenated alkanes) is 4. The summed E-state index contributed by atoms with van der Waals surface area (Å²) >= 11 is 0. The van der Waals surface area contributed by atoms with Gasteiger partial charge in [-0.2, -0.15) is 0 Å². The van der Waals surface area contributed by atoms with E-state index in [-0.39, 0.29) is 12.2 Å². The maximum absolute atomic E-state index is 13.3. The molecule has 0 saturated carbocycles. The predicted octanol–water partition coefficient (Wildman–Crippen LogP) is 4.13. The molecular weight excluding hydrogens is 250 g/mol. The molecule has 0 aliphatic heterocycles. The van der Waals surface area contributed by atoms with Crippen LogP contribution in [0.25, 0.3) is 0 Å². The van der Waals surface area contributed by atoms with Crippen molar-refractivity contribution in [3.05, 3.63) is 35.4 Å². The second-order valence-electron chi connectivity index (χ2n) is 4.51. The van der Waals surface area contributed by atoms with Crippen LogP contribution < -0.4 is 0 Å². The quantitative estimate of drug-likeness (QED) is 0.498. The van der Waals surface area contributed by atoms with E-state index in [1.165, 1.54) is 12.8 Å². The number of ketones is 1. The highest BCUT2D eigenvalue weighted by molar-refractivity contribution is 5.97. The molecule has 0 unspecified atom stereocenters. The lowest BCUT2D eigenvalue weighted by atomic mass is 10.1. The molecule has 0 aromatic heterocycles. The van der Waals surface area contributed by atoms with Crippen molar-refractivity contribution in [2.45, 2.75) is 39.0 Å². The third kappa shape index (κ3) is 5.92. The number of halogens is 2. The topological polar surface area (TPSA) is 26.3 Å². The van der Waals surface area contributed by atoms with E-state index in [9.17, 15) is 13.6 Å². The Bertz CT molecular complexity index is 405. The maximum atomic E-state index is 13.3. The first-order chi connectivity index (χ1) is 9.15. The third-order valence-electron chi connectivity index (χ3n) is 2.85. The number of hydrogen-bond acceptors (Lipinski definition) is 2. The van der Waals surface area contributed by atoms with Crippen molar-refractivity contribution in [3.8, 4) is 0 Å². The Labute approximate surface area is 112 Å². The smallest absolute Gasteiger partial charge is 0.191 e. The van der Waals surface area contributed by atoms with Gasteiger partial charge < -0.3 is 4.74 Å². The first kappa shape index (κ1) is 15.8. The van der Waals surface area contributed by atoms with Crippen LogP contribution in [0.2, 0.25) is 0 Å². The fraction of sp³-hybridized carbons (Fsp3) is 0.533.